The van der Waals surface area contributed by atoms with Crippen LogP contribution >= 0.6 is 0 Å². The number of hydrogen-bond donors (Lipinski definition) is 1. The van der Waals surface area contributed by atoms with Gasteiger partial charge in [0.05, 0.1) is 13.2 Å². The van der Waals surface area contributed by atoms with E-state index in [2.05, 4.69) is 0 Å². The number of amides is 1. The molecular formula is C11H11NO4. The van der Waals surface area contributed by atoms with Gasteiger partial charge in [0.25, 0.3) is 0 Å². The van der Waals surface area contributed by atoms with Crippen molar-refractivity contribution in [2.75, 3.05) is 20.0 Å². The first-order chi connectivity index (χ1) is 7.72. The van der Waals surface area contributed by atoms with Crippen molar-refractivity contribution in [1.29, 1.82) is 0 Å². The van der Waals surface area contributed by atoms with E-state index in [1.165, 1.54) is 0 Å². The molecule has 2 N–H and O–H groups in total. The van der Waals surface area contributed by atoms with Crippen molar-refractivity contribution in [3.63, 3.8) is 0 Å². The Kier molecular flexibility index (Phi) is 1.85. The number of benzene rings is 1. The highest BCUT2D eigenvalue weighted by Crippen LogP contribution is 2.39. The summed E-state index contributed by atoms with van der Waals surface area (Å²) in [6, 6.07) is 5.43. The van der Waals surface area contributed by atoms with Gasteiger partial charge in [-0.25, -0.2) is 0 Å². The minimum atomic E-state index is -0.693. The zero-order chi connectivity index (χ0) is 11.2. The van der Waals surface area contributed by atoms with Gasteiger partial charge < -0.3 is 19.9 Å². The van der Waals surface area contributed by atoms with Crippen LogP contribution in [-0.2, 0) is 14.9 Å². The van der Waals surface area contributed by atoms with Gasteiger partial charge >= 0.3 is 0 Å². The predicted octanol–water partition coefficient (Wildman–Crippen LogP) is 0.169. The van der Waals surface area contributed by atoms with E-state index in [1.54, 1.807) is 12.1 Å². The van der Waals surface area contributed by atoms with Gasteiger partial charge in [-0.15, -0.1) is 0 Å². The molecular weight excluding hydrogens is 210 g/mol. The quantitative estimate of drug-likeness (QED) is 0.772. The molecule has 2 heterocycles. The van der Waals surface area contributed by atoms with Crippen LogP contribution in [0.4, 0.5) is 0 Å². The van der Waals surface area contributed by atoms with Gasteiger partial charge in [-0.1, -0.05) is 6.07 Å². The molecule has 1 amide bonds. The second-order valence-corrected chi connectivity index (χ2v) is 4.01. The van der Waals surface area contributed by atoms with Crippen LogP contribution in [0.25, 0.3) is 0 Å². The summed E-state index contributed by atoms with van der Waals surface area (Å²) in [5, 5.41) is 0. The summed E-state index contributed by atoms with van der Waals surface area (Å²) in [5.74, 6) is 0.992. The fourth-order valence-corrected chi connectivity index (χ4v) is 1.95. The number of carbonyl (C=O) groups excluding carboxylic acids is 1. The molecule has 0 saturated carbocycles. The molecule has 5 nitrogen and oxygen atoms in total. The van der Waals surface area contributed by atoms with Crippen molar-refractivity contribution in [1.82, 2.24) is 0 Å². The van der Waals surface area contributed by atoms with Crippen molar-refractivity contribution in [3.8, 4) is 11.5 Å². The van der Waals surface area contributed by atoms with Crippen LogP contribution in [0.15, 0.2) is 18.2 Å². The highest BCUT2D eigenvalue weighted by atomic mass is 16.7. The number of ether oxygens (including phenoxy) is 3. The van der Waals surface area contributed by atoms with Gasteiger partial charge in [0.2, 0.25) is 12.7 Å². The van der Waals surface area contributed by atoms with Gasteiger partial charge in [0, 0.05) is 0 Å². The van der Waals surface area contributed by atoms with Crippen LogP contribution in [0.3, 0.4) is 0 Å². The third kappa shape index (κ3) is 1.12. The summed E-state index contributed by atoms with van der Waals surface area (Å²) in [5.41, 5.74) is 5.55. The number of primary amides is 1. The van der Waals surface area contributed by atoms with Crippen LogP contribution in [0.5, 0.6) is 11.5 Å². The lowest BCUT2D eigenvalue weighted by Gasteiger charge is -2.38. The van der Waals surface area contributed by atoms with Gasteiger partial charge in [-0.3, -0.25) is 4.79 Å². The first-order valence-electron chi connectivity index (χ1n) is 5.00. The Morgan fingerprint density at radius 1 is 1.25 bits per heavy atom. The maximum atomic E-state index is 11.5. The molecule has 0 aliphatic carbocycles. The number of carbonyl (C=O) groups is 1. The molecule has 1 saturated heterocycles. The molecule has 1 fully saturated rings. The van der Waals surface area contributed by atoms with Gasteiger partial charge in [-0.2, -0.15) is 0 Å². The summed E-state index contributed by atoms with van der Waals surface area (Å²) < 4.78 is 15.6. The van der Waals surface area contributed by atoms with E-state index in [-0.39, 0.29) is 12.7 Å². The molecule has 3 rings (SSSR count). The van der Waals surface area contributed by atoms with E-state index in [0.717, 1.165) is 5.56 Å². The normalized spacial score (nSPS) is 20.2. The highest BCUT2D eigenvalue weighted by molar-refractivity contribution is 5.88. The number of fused-ring (bicyclic) bond motifs is 1. The zero-order valence-electron chi connectivity index (χ0n) is 8.56. The molecule has 5 heteroatoms. The van der Waals surface area contributed by atoms with Crippen molar-refractivity contribution in [2.45, 2.75) is 5.41 Å². The van der Waals surface area contributed by atoms with Gasteiger partial charge in [-0.05, 0) is 17.7 Å². The highest BCUT2D eigenvalue weighted by Gasteiger charge is 2.46. The fraction of sp³-hybridized carbons (Fsp3) is 0.364. The maximum absolute atomic E-state index is 11.5. The molecule has 16 heavy (non-hydrogen) atoms. The Labute approximate surface area is 92.1 Å². The van der Waals surface area contributed by atoms with Gasteiger partial charge in [0.15, 0.2) is 11.5 Å². The summed E-state index contributed by atoms with van der Waals surface area (Å²) in [6.45, 7) is 0.892. The lowest BCUT2D eigenvalue weighted by molar-refractivity contribution is -0.141. The van der Waals surface area contributed by atoms with Crippen LogP contribution in [-0.4, -0.2) is 25.9 Å². The average molecular weight is 221 g/mol. The molecule has 2 aliphatic rings. The largest absolute Gasteiger partial charge is 0.454 e. The fourth-order valence-electron chi connectivity index (χ4n) is 1.95. The van der Waals surface area contributed by atoms with E-state index < -0.39 is 5.41 Å². The monoisotopic (exact) mass is 221 g/mol. The molecule has 1 aromatic carbocycles. The molecule has 0 radical (unpaired) electrons. The first-order valence-corrected chi connectivity index (χ1v) is 5.00. The molecule has 0 spiro atoms. The molecule has 0 bridgehead atoms. The summed E-state index contributed by atoms with van der Waals surface area (Å²) >= 11 is 0. The molecule has 1 aromatic rings. The third-order valence-corrected chi connectivity index (χ3v) is 3.09. The SMILES string of the molecule is NC(=O)C1(c2ccc3c(c2)OCO3)COC1. The molecule has 0 atom stereocenters. The Morgan fingerprint density at radius 2 is 2.00 bits per heavy atom. The summed E-state index contributed by atoms with van der Waals surface area (Å²) in [7, 11) is 0. The van der Waals surface area contributed by atoms with Gasteiger partial charge in [0.1, 0.15) is 5.41 Å². The number of nitrogens with two attached hydrogens (primary N) is 1. The van der Waals surface area contributed by atoms with Crippen LogP contribution in [0, 0.1) is 0 Å². The Balaban J connectivity index is 2.03. The second kappa shape index (κ2) is 3.12. The van der Waals surface area contributed by atoms with Crippen molar-refractivity contribution in [3.05, 3.63) is 23.8 Å². The van der Waals surface area contributed by atoms with E-state index in [1.807, 2.05) is 6.07 Å². The minimum absolute atomic E-state index is 0.221. The van der Waals surface area contributed by atoms with Crippen LogP contribution in [0.2, 0.25) is 0 Å². The Morgan fingerprint density at radius 3 is 2.62 bits per heavy atom. The lowest BCUT2D eigenvalue weighted by atomic mass is 9.78. The zero-order valence-corrected chi connectivity index (χ0v) is 8.56. The Bertz CT molecular complexity index is 453. The first kappa shape index (κ1) is 9.47. The van der Waals surface area contributed by atoms with Crippen LogP contribution < -0.4 is 15.2 Å². The lowest BCUT2D eigenvalue weighted by Crippen LogP contribution is -2.56. The maximum Gasteiger partial charge on any atom is 0.232 e. The number of rotatable bonds is 2. The van der Waals surface area contributed by atoms with Crippen LogP contribution in [0.1, 0.15) is 5.56 Å². The van der Waals surface area contributed by atoms with E-state index in [0.29, 0.717) is 24.7 Å². The third-order valence-electron chi connectivity index (χ3n) is 3.09. The minimum Gasteiger partial charge on any atom is -0.454 e. The topological polar surface area (TPSA) is 70.8 Å². The molecule has 0 aromatic heterocycles. The predicted molar refractivity (Wildman–Crippen MR) is 54.3 cm³/mol. The molecule has 0 unspecified atom stereocenters. The second-order valence-electron chi connectivity index (χ2n) is 4.01. The van der Waals surface area contributed by atoms with Crippen molar-refractivity contribution in [2.24, 2.45) is 5.73 Å². The molecule has 2 aliphatic heterocycles. The average Bonchev–Trinajstić information content (AvgIpc) is 2.62. The Hall–Kier alpha value is -1.75. The molecule has 84 valence electrons. The smallest absolute Gasteiger partial charge is 0.232 e. The number of hydrogen-bond acceptors (Lipinski definition) is 4. The van der Waals surface area contributed by atoms with E-state index in [9.17, 15) is 4.79 Å². The summed E-state index contributed by atoms with van der Waals surface area (Å²) in [4.78, 5) is 11.5. The standard InChI is InChI=1S/C11H11NO4/c12-10(13)11(4-14-5-11)7-1-2-8-9(3-7)16-6-15-8/h1-3H,4-6H2,(H2,12,13). The van der Waals surface area contributed by atoms with E-state index in [4.69, 9.17) is 19.9 Å². The van der Waals surface area contributed by atoms with Crippen molar-refractivity contribution < 1.29 is 19.0 Å². The van der Waals surface area contributed by atoms with E-state index >= 15 is 0 Å². The van der Waals surface area contributed by atoms with Crippen molar-refractivity contribution >= 4 is 5.91 Å². The summed E-state index contributed by atoms with van der Waals surface area (Å²) in [6.07, 6.45) is 0.